The zero-order valence-corrected chi connectivity index (χ0v) is 9.10. The molecule has 0 atom stereocenters. The summed E-state index contributed by atoms with van der Waals surface area (Å²) in [5.74, 6) is 0. The maximum Gasteiger partial charge on any atom is 0.205 e. The summed E-state index contributed by atoms with van der Waals surface area (Å²) in [6.45, 7) is 4.43. The van der Waals surface area contributed by atoms with Gasteiger partial charge in [0.2, 0.25) is 5.13 Å². The van der Waals surface area contributed by atoms with Crippen LogP contribution in [0.15, 0.2) is 5.51 Å². The van der Waals surface area contributed by atoms with Gasteiger partial charge in [0, 0.05) is 6.04 Å². The maximum absolute atomic E-state index is 3.98. The molecule has 74 valence electrons. The summed E-state index contributed by atoms with van der Waals surface area (Å²) in [6, 6.07) is 0.572. The first-order valence-electron chi connectivity index (χ1n) is 4.89. The number of anilines is 1. The molecule has 0 bridgehead atoms. The zero-order chi connectivity index (χ0) is 9.52. The van der Waals surface area contributed by atoms with Gasteiger partial charge in [-0.25, -0.2) is 0 Å². The second-order valence-corrected chi connectivity index (χ2v) is 4.00. The highest BCUT2D eigenvalue weighted by atomic mass is 32.1. The van der Waals surface area contributed by atoms with Gasteiger partial charge in [-0.3, -0.25) is 0 Å². The van der Waals surface area contributed by atoms with Crippen LogP contribution in [0.2, 0.25) is 0 Å². The predicted octanol–water partition coefficient (Wildman–Crippen LogP) is 2.92. The number of aromatic nitrogens is 2. The van der Waals surface area contributed by atoms with E-state index >= 15 is 0 Å². The first-order chi connectivity index (χ1) is 6.36. The highest BCUT2D eigenvalue weighted by Gasteiger charge is 2.07. The van der Waals surface area contributed by atoms with Crippen molar-refractivity contribution in [3.05, 3.63) is 5.51 Å². The number of nitrogens with zero attached hydrogens (tertiary/aromatic N) is 2. The summed E-state index contributed by atoms with van der Waals surface area (Å²) in [4.78, 5) is 0. The highest BCUT2D eigenvalue weighted by Crippen LogP contribution is 2.14. The lowest BCUT2D eigenvalue weighted by Crippen LogP contribution is -2.18. The molecule has 1 aromatic rings. The number of hydrogen-bond donors (Lipinski definition) is 1. The minimum Gasteiger partial charge on any atom is -0.357 e. The van der Waals surface area contributed by atoms with Crippen molar-refractivity contribution in [2.24, 2.45) is 0 Å². The quantitative estimate of drug-likeness (QED) is 0.765. The van der Waals surface area contributed by atoms with Gasteiger partial charge in [0.15, 0.2) is 0 Å². The van der Waals surface area contributed by atoms with Gasteiger partial charge in [0.25, 0.3) is 0 Å². The second kappa shape index (κ2) is 5.91. The molecule has 0 saturated carbocycles. The smallest absolute Gasteiger partial charge is 0.205 e. The van der Waals surface area contributed by atoms with E-state index in [4.69, 9.17) is 0 Å². The molecule has 1 N–H and O–H groups in total. The minimum absolute atomic E-state index is 0.572. The van der Waals surface area contributed by atoms with Crippen LogP contribution in [0.3, 0.4) is 0 Å². The molecule has 0 fully saturated rings. The molecule has 4 heteroatoms. The molecule has 0 amide bonds. The topological polar surface area (TPSA) is 37.8 Å². The Morgan fingerprint density at radius 2 is 2.08 bits per heavy atom. The molecule has 1 aromatic heterocycles. The summed E-state index contributed by atoms with van der Waals surface area (Å²) < 4.78 is 0. The van der Waals surface area contributed by atoms with E-state index in [1.807, 2.05) is 0 Å². The van der Waals surface area contributed by atoms with Gasteiger partial charge >= 0.3 is 0 Å². The van der Waals surface area contributed by atoms with Crippen molar-refractivity contribution in [3.8, 4) is 0 Å². The lowest BCUT2D eigenvalue weighted by molar-refractivity contribution is 0.585. The van der Waals surface area contributed by atoms with Gasteiger partial charge in [-0.1, -0.05) is 38.0 Å². The van der Waals surface area contributed by atoms with E-state index in [0.717, 1.165) is 5.13 Å². The van der Waals surface area contributed by atoms with Crippen molar-refractivity contribution in [1.82, 2.24) is 10.2 Å². The Balaban J connectivity index is 2.37. The van der Waals surface area contributed by atoms with Crippen LogP contribution in [0.25, 0.3) is 0 Å². The molecule has 3 nitrogen and oxygen atoms in total. The van der Waals surface area contributed by atoms with Crippen molar-refractivity contribution in [2.45, 2.75) is 45.6 Å². The van der Waals surface area contributed by atoms with Crippen LogP contribution in [0.1, 0.15) is 39.5 Å². The third kappa shape index (κ3) is 3.72. The fourth-order valence-corrected chi connectivity index (χ4v) is 1.92. The van der Waals surface area contributed by atoms with Crippen LogP contribution < -0.4 is 5.32 Å². The molecule has 0 aliphatic heterocycles. The fraction of sp³-hybridized carbons (Fsp3) is 0.778. The van der Waals surface area contributed by atoms with Gasteiger partial charge in [-0.05, 0) is 12.8 Å². The Morgan fingerprint density at radius 3 is 2.54 bits per heavy atom. The van der Waals surface area contributed by atoms with Gasteiger partial charge in [-0.2, -0.15) is 0 Å². The van der Waals surface area contributed by atoms with Gasteiger partial charge < -0.3 is 5.32 Å². The third-order valence-electron chi connectivity index (χ3n) is 1.96. The molecular weight excluding hydrogens is 182 g/mol. The number of hydrogen-bond acceptors (Lipinski definition) is 4. The molecule has 13 heavy (non-hydrogen) atoms. The standard InChI is InChI=1S/C9H17N3S/c1-3-5-8(6-4-2)11-9-12-10-7-13-9/h7-8H,3-6H2,1-2H3,(H,11,12). The normalized spacial score (nSPS) is 10.7. The van der Waals surface area contributed by atoms with E-state index in [1.54, 1.807) is 16.8 Å². The lowest BCUT2D eigenvalue weighted by atomic mass is 10.1. The highest BCUT2D eigenvalue weighted by molar-refractivity contribution is 7.13. The summed E-state index contributed by atoms with van der Waals surface area (Å²) in [6.07, 6.45) is 4.87. The van der Waals surface area contributed by atoms with Crippen molar-refractivity contribution >= 4 is 16.5 Å². The summed E-state index contributed by atoms with van der Waals surface area (Å²) in [7, 11) is 0. The predicted molar refractivity (Wildman–Crippen MR) is 57.1 cm³/mol. The van der Waals surface area contributed by atoms with Gasteiger partial charge in [0.1, 0.15) is 5.51 Å². The monoisotopic (exact) mass is 199 g/mol. The fourth-order valence-electron chi connectivity index (χ4n) is 1.40. The molecular formula is C9H17N3S. The van der Waals surface area contributed by atoms with E-state index < -0.39 is 0 Å². The Bertz CT molecular complexity index is 205. The molecule has 0 aromatic carbocycles. The van der Waals surface area contributed by atoms with E-state index in [1.165, 1.54) is 25.7 Å². The Morgan fingerprint density at radius 1 is 1.38 bits per heavy atom. The molecule has 0 unspecified atom stereocenters. The van der Waals surface area contributed by atoms with Crippen LogP contribution >= 0.6 is 11.3 Å². The lowest BCUT2D eigenvalue weighted by Gasteiger charge is -2.15. The van der Waals surface area contributed by atoms with Crippen molar-refractivity contribution in [1.29, 1.82) is 0 Å². The molecule has 0 radical (unpaired) electrons. The van der Waals surface area contributed by atoms with E-state index in [2.05, 4.69) is 29.4 Å². The first kappa shape index (κ1) is 10.4. The SMILES string of the molecule is CCCC(CCC)Nc1nncs1. The van der Waals surface area contributed by atoms with Crippen LogP contribution in [0, 0.1) is 0 Å². The third-order valence-corrected chi connectivity index (χ3v) is 2.58. The Kier molecular flexibility index (Phi) is 4.75. The summed E-state index contributed by atoms with van der Waals surface area (Å²) in [5.41, 5.74) is 1.76. The van der Waals surface area contributed by atoms with Crippen molar-refractivity contribution in [2.75, 3.05) is 5.32 Å². The van der Waals surface area contributed by atoms with Crippen LogP contribution in [-0.4, -0.2) is 16.2 Å². The van der Waals surface area contributed by atoms with E-state index in [-0.39, 0.29) is 0 Å². The molecule has 0 aliphatic carbocycles. The van der Waals surface area contributed by atoms with Crippen LogP contribution in [-0.2, 0) is 0 Å². The minimum atomic E-state index is 0.572. The molecule has 0 spiro atoms. The summed E-state index contributed by atoms with van der Waals surface area (Å²) in [5, 5.41) is 12.1. The summed E-state index contributed by atoms with van der Waals surface area (Å²) >= 11 is 1.57. The Hall–Kier alpha value is -0.640. The van der Waals surface area contributed by atoms with E-state index in [9.17, 15) is 0 Å². The average molecular weight is 199 g/mol. The number of nitrogens with one attached hydrogen (secondary N) is 1. The molecule has 1 heterocycles. The molecule has 0 aliphatic rings. The van der Waals surface area contributed by atoms with Crippen LogP contribution in [0.5, 0.6) is 0 Å². The molecule has 0 saturated heterocycles. The average Bonchev–Trinajstić information content (AvgIpc) is 2.58. The van der Waals surface area contributed by atoms with Gasteiger partial charge in [-0.15, -0.1) is 10.2 Å². The van der Waals surface area contributed by atoms with E-state index in [0.29, 0.717) is 6.04 Å². The second-order valence-electron chi connectivity index (χ2n) is 3.16. The first-order valence-corrected chi connectivity index (χ1v) is 5.77. The number of rotatable bonds is 6. The zero-order valence-electron chi connectivity index (χ0n) is 8.29. The largest absolute Gasteiger partial charge is 0.357 e. The molecule has 1 rings (SSSR count). The van der Waals surface area contributed by atoms with Crippen molar-refractivity contribution < 1.29 is 0 Å². The van der Waals surface area contributed by atoms with Gasteiger partial charge in [0.05, 0.1) is 0 Å². The van der Waals surface area contributed by atoms with Crippen LogP contribution in [0.4, 0.5) is 5.13 Å². The maximum atomic E-state index is 3.98. The van der Waals surface area contributed by atoms with Crippen molar-refractivity contribution in [3.63, 3.8) is 0 Å². The Labute approximate surface area is 83.6 Å².